The van der Waals surface area contributed by atoms with Crippen LogP contribution in [0.4, 0.5) is 0 Å². The Labute approximate surface area is 100 Å². The van der Waals surface area contributed by atoms with Crippen molar-refractivity contribution in [2.24, 2.45) is 5.73 Å². The molecule has 0 saturated heterocycles. The van der Waals surface area contributed by atoms with Gasteiger partial charge in [-0.3, -0.25) is 9.89 Å². The third-order valence-electron chi connectivity index (χ3n) is 3.21. The fourth-order valence-corrected chi connectivity index (χ4v) is 2.13. The topological polar surface area (TPSA) is 96.7 Å². The molecule has 1 aliphatic rings. The number of nitrogens with zero attached hydrogens (tertiary/aromatic N) is 2. The van der Waals surface area contributed by atoms with Gasteiger partial charge in [-0.1, -0.05) is 19.8 Å². The van der Waals surface area contributed by atoms with Gasteiger partial charge in [-0.25, -0.2) is 4.98 Å². The van der Waals surface area contributed by atoms with Gasteiger partial charge in [0.2, 0.25) is 5.82 Å². The molecule has 6 heteroatoms. The van der Waals surface area contributed by atoms with Crippen molar-refractivity contribution in [2.45, 2.75) is 51.1 Å². The van der Waals surface area contributed by atoms with Gasteiger partial charge in [0.1, 0.15) is 5.82 Å². The van der Waals surface area contributed by atoms with Crippen molar-refractivity contribution in [3.63, 3.8) is 0 Å². The second-order valence-corrected chi connectivity index (χ2v) is 4.49. The summed E-state index contributed by atoms with van der Waals surface area (Å²) in [4.78, 5) is 16.0. The van der Waals surface area contributed by atoms with Crippen LogP contribution in [0.25, 0.3) is 0 Å². The van der Waals surface area contributed by atoms with Crippen LogP contribution in [0.3, 0.4) is 0 Å². The van der Waals surface area contributed by atoms with Crippen molar-refractivity contribution in [3.8, 4) is 0 Å². The maximum absolute atomic E-state index is 11.9. The maximum Gasteiger partial charge on any atom is 0.291 e. The number of amides is 1. The van der Waals surface area contributed by atoms with E-state index in [1.165, 1.54) is 0 Å². The standard InChI is InChI=1S/C11H19N5O/c1-2-9-14-10(16-15-9)11(17)13-8-6-4-3-5-7(8)12/h7-8H,2-6,12H2,1H3,(H,13,17)(H,14,15,16). The molecule has 0 radical (unpaired) electrons. The first kappa shape index (κ1) is 12.0. The van der Waals surface area contributed by atoms with E-state index in [9.17, 15) is 4.79 Å². The molecule has 4 N–H and O–H groups in total. The van der Waals surface area contributed by atoms with Crippen LogP contribution in [0.15, 0.2) is 0 Å². The molecular weight excluding hydrogens is 218 g/mol. The number of hydrogen-bond donors (Lipinski definition) is 3. The maximum atomic E-state index is 11.9. The van der Waals surface area contributed by atoms with E-state index in [-0.39, 0.29) is 23.8 Å². The average Bonchev–Trinajstić information content (AvgIpc) is 2.81. The second-order valence-electron chi connectivity index (χ2n) is 4.49. The Hall–Kier alpha value is -1.43. The fourth-order valence-electron chi connectivity index (χ4n) is 2.13. The number of nitrogens with one attached hydrogen (secondary N) is 2. The Morgan fingerprint density at radius 3 is 2.94 bits per heavy atom. The second kappa shape index (κ2) is 5.27. The molecule has 0 bridgehead atoms. The summed E-state index contributed by atoms with van der Waals surface area (Å²) in [6.45, 7) is 1.96. The van der Waals surface area contributed by atoms with E-state index in [1.807, 2.05) is 6.92 Å². The lowest BCUT2D eigenvalue weighted by Gasteiger charge is -2.28. The van der Waals surface area contributed by atoms with Crippen LogP contribution in [0, 0.1) is 0 Å². The first-order chi connectivity index (χ1) is 8.20. The first-order valence-corrected chi connectivity index (χ1v) is 6.18. The van der Waals surface area contributed by atoms with Gasteiger partial charge in [0.15, 0.2) is 0 Å². The van der Waals surface area contributed by atoms with Gasteiger partial charge in [-0.2, -0.15) is 0 Å². The summed E-state index contributed by atoms with van der Waals surface area (Å²) in [5, 5.41) is 9.53. The third kappa shape index (κ3) is 2.82. The highest BCUT2D eigenvalue weighted by atomic mass is 16.2. The van der Waals surface area contributed by atoms with Crippen LogP contribution in [-0.4, -0.2) is 33.2 Å². The van der Waals surface area contributed by atoms with Crippen molar-refractivity contribution < 1.29 is 4.79 Å². The number of rotatable bonds is 3. The van der Waals surface area contributed by atoms with E-state index >= 15 is 0 Å². The van der Waals surface area contributed by atoms with Gasteiger partial charge in [-0.05, 0) is 12.8 Å². The van der Waals surface area contributed by atoms with Gasteiger partial charge in [-0.15, -0.1) is 5.10 Å². The molecule has 1 aromatic heterocycles. The summed E-state index contributed by atoms with van der Waals surface area (Å²) >= 11 is 0. The minimum atomic E-state index is -0.233. The molecule has 17 heavy (non-hydrogen) atoms. The monoisotopic (exact) mass is 237 g/mol. The van der Waals surface area contributed by atoms with Crippen LogP contribution in [-0.2, 0) is 6.42 Å². The minimum absolute atomic E-state index is 0.0530. The molecule has 1 amide bonds. The average molecular weight is 237 g/mol. The van der Waals surface area contributed by atoms with Crippen LogP contribution in [0.1, 0.15) is 49.1 Å². The number of carbonyl (C=O) groups excluding carboxylic acids is 1. The summed E-state index contributed by atoms with van der Waals surface area (Å²) in [5.74, 6) is 0.700. The molecule has 6 nitrogen and oxygen atoms in total. The van der Waals surface area contributed by atoms with Crippen molar-refractivity contribution in [1.82, 2.24) is 20.5 Å². The highest BCUT2D eigenvalue weighted by Crippen LogP contribution is 2.17. The van der Waals surface area contributed by atoms with E-state index in [0.717, 1.165) is 37.9 Å². The van der Waals surface area contributed by atoms with E-state index in [2.05, 4.69) is 20.5 Å². The number of aromatic amines is 1. The lowest BCUT2D eigenvalue weighted by molar-refractivity contribution is 0.0911. The van der Waals surface area contributed by atoms with Crippen molar-refractivity contribution >= 4 is 5.91 Å². The molecule has 1 aliphatic carbocycles. The van der Waals surface area contributed by atoms with Crippen molar-refractivity contribution in [2.75, 3.05) is 0 Å². The smallest absolute Gasteiger partial charge is 0.291 e. The number of aromatic nitrogens is 3. The van der Waals surface area contributed by atoms with Crippen molar-refractivity contribution in [1.29, 1.82) is 0 Å². The zero-order valence-electron chi connectivity index (χ0n) is 10.1. The summed E-state index contributed by atoms with van der Waals surface area (Å²) in [5.41, 5.74) is 5.97. The third-order valence-corrected chi connectivity index (χ3v) is 3.21. The Bertz CT molecular complexity index is 389. The molecule has 1 heterocycles. The number of aryl methyl sites for hydroxylation is 1. The molecule has 2 unspecified atom stereocenters. The van der Waals surface area contributed by atoms with Crippen molar-refractivity contribution in [3.05, 3.63) is 11.6 Å². The van der Waals surface area contributed by atoms with Crippen LogP contribution < -0.4 is 11.1 Å². The predicted octanol–water partition coefficient (Wildman–Crippen LogP) is 0.367. The molecule has 2 rings (SSSR count). The van der Waals surface area contributed by atoms with Gasteiger partial charge in [0, 0.05) is 18.5 Å². The summed E-state index contributed by atoms with van der Waals surface area (Å²) in [6.07, 6.45) is 4.92. The highest BCUT2D eigenvalue weighted by Gasteiger charge is 2.24. The molecular formula is C11H19N5O. The summed E-state index contributed by atoms with van der Waals surface area (Å²) in [7, 11) is 0. The molecule has 0 aliphatic heterocycles. The summed E-state index contributed by atoms with van der Waals surface area (Å²) in [6, 6.07) is 0.108. The Kier molecular flexibility index (Phi) is 3.73. The molecule has 0 spiro atoms. The quantitative estimate of drug-likeness (QED) is 0.707. The molecule has 1 aromatic rings. The SMILES string of the molecule is CCc1nc(C(=O)NC2CCCCC2N)n[nH]1. The summed E-state index contributed by atoms with van der Waals surface area (Å²) < 4.78 is 0. The molecule has 1 fully saturated rings. The van der Waals surface area contributed by atoms with Gasteiger partial charge in [0.25, 0.3) is 5.91 Å². The predicted molar refractivity (Wildman–Crippen MR) is 63.5 cm³/mol. The van der Waals surface area contributed by atoms with E-state index < -0.39 is 0 Å². The lowest BCUT2D eigenvalue weighted by Crippen LogP contribution is -2.49. The molecule has 2 atom stereocenters. The first-order valence-electron chi connectivity index (χ1n) is 6.18. The largest absolute Gasteiger partial charge is 0.345 e. The number of H-pyrrole nitrogens is 1. The zero-order chi connectivity index (χ0) is 12.3. The highest BCUT2D eigenvalue weighted by molar-refractivity contribution is 5.90. The fraction of sp³-hybridized carbons (Fsp3) is 0.727. The number of nitrogens with two attached hydrogens (primary N) is 1. The van der Waals surface area contributed by atoms with Gasteiger partial charge < -0.3 is 11.1 Å². The van der Waals surface area contributed by atoms with Crippen LogP contribution >= 0.6 is 0 Å². The van der Waals surface area contributed by atoms with Crippen LogP contribution in [0.5, 0.6) is 0 Å². The van der Waals surface area contributed by atoms with Gasteiger partial charge >= 0.3 is 0 Å². The Morgan fingerprint density at radius 2 is 2.29 bits per heavy atom. The molecule has 0 aromatic carbocycles. The lowest BCUT2D eigenvalue weighted by atomic mass is 9.91. The molecule has 94 valence electrons. The minimum Gasteiger partial charge on any atom is -0.345 e. The van der Waals surface area contributed by atoms with E-state index in [4.69, 9.17) is 5.73 Å². The molecule has 1 saturated carbocycles. The number of hydrogen-bond acceptors (Lipinski definition) is 4. The Balaban J connectivity index is 1.96. The Morgan fingerprint density at radius 1 is 1.53 bits per heavy atom. The van der Waals surface area contributed by atoms with Crippen LogP contribution in [0.2, 0.25) is 0 Å². The number of carbonyl (C=O) groups is 1. The van der Waals surface area contributed by atoms with Gasteiger partial charge in [0.05, 0.1) is 0 Å². The van der Waals surface area contributed by atoms with E-state index in [1.54, 1.807) is 0 Å². The zero-order valence-corrected chi connectivity index (χ0v) is 10.1. The normalized spacial score (nSPS) is 24.6. The van der Waals surface area contributed by atoms with E-state index in [0.29, 0.717) is 0 Å².